The van der Waals surface area contributed by atoms with E-state index in [0.717, 1.165) is 25.7 Å². The van der Waals surface area contributed by atoms with Crippen LogP contribution >= 0.6 is 11.6 Å². The number of rotatable bonds is 10. The largest absolute Gasteiger partial charge is 0.507 e. The number of hydrogen-bond acceptors (Lipinski definition) is 7. The Kier molecular flexibility index (Phi) is 6.77. The highest BCUT2D eigenvalue weighted by Crippen LogP contribution is 2.31. The van der Waals surface area contributed by atoms with E-state index in [9.17, 15) is 20.0 Å². The van der Waals surface area contributed by atoms with E-state index in [4.69, 9.17) is 20.8 Å². The summed E-state index contributed by atoms with van der Waals surface area (Å²) < 4.78 is 11.4. The first-order valence-corrected chi connectivity index (χ1v) is 9.62. The summed E-state index contributed by atoms with van der Waals surface area (Å²) in [5, 5.41) is 20.3. The van der Waals surface area contributed by atoms with Crippen LogP contribution in [0.25, 0.3) is 21.9 Å². The Hall–Kier alpha value is -3.00. The van der Waals surface area contributed by atoms with Gasteiger partial charge in [0.25, 0.3) is 5.09 Å². The molecule has 0 fully saturated rings. The molecule has 0 aliphatic rings. The van der Waals surface area contributed by atoms with Crippen molar-refractivity contribution in [1.82, 2.24) is 0 Å². The molecule has 2 aromatic carbocycles. The Morgan fingerprint density at radius 1 is 1.03 bits per heavy atom. The molecule has 154 valence electrons. The van der Waals surface area contributed by atoms with E-state index in [1.54, 1.807) is 18.2 Å². The number of fused-ring (bicyclic) bond motifs is 2. The minimum atomic E-state index is -0.785. The first-order chi connectivity index (χ1) is 14.0. The Balaban J connectivity index is 1.58. The Morgan fingerprint density at radius 3 is 2.52 bits per heavy atom. The number of hydrogen-bond donors (Lipinski definition) is 1. The smallest absolute Gasteiger partial charge is 0.294 e. The minimum Gasteiger partial charge on any atom is -0.507 e. The van der Waals surface area contributed by atoms with Crippen molar-refractivity contribution in [2.45, 2.75) is 32.1 Å². The number of phenolic OH excluding ortho intramolecular Hbond substituents is 1. The van der Waals surface area contributed by atoms with Crippen molar-refractivity contribution in [2.75, 3.05) is 13.2 Å². The molecule has 0 spiro atoms. The molecule has 0 saturated heterocycles. The van der Waals surface area contributed by atoms with Crippen LogP contribution in [0.1, 0.15) is 32.1 Å². The van der Waals surface area contributed by atoms with Gasteiger partial charge in [-0.15, -0.1) is 10.1 Å². The van der Waals surface area contributed by atoms with Crippen molar-refractivity contribution in [2.24, 2.45) is 0 Å². The number of ether oxygens (including phenoxy) is 1. The van der Waals surface area contributed by atoms with Crippen molar-refractivity contribution in [3.63, 3.8) is 0 Å². The van der Waals surface area contributed by atoms with Crippen molar-refractivity contribution in [3.8, 4) is 11.5 Å². The Morgan fingerprint density at radius 2 is 1.76 bits per heavy atom. The van der Waals surface area contributed by atoms with Crippen LogP contribution in [-0.2, 0) is 4.84 Å². The van der Waals surface area contributed by atoms with Gasteiger partial charge in [0.2, 0.25) is 5.43 Å². The molecule has 1 aromatic heterocycles. The third-order valence-corrected chi connectivity index (χ3v) is 4.68. The maximum absolute atomic E-state index is 12.7. The fourth-order valence-corrected chi connectivity index (χ4v) is 3.23. The van der Waals surface area contributed by atoms with Gasteiger partial charge in [-0.2, -0.15) is 0 Å². The summed E-state index contributed by atoms with van der Waals surface area (Å²) in [6.45, 7) is 0.551. The van der Waals surface area contributed by atoms with Crippen molar-refractivity contribution >= 4 is 33.5 Å². The lowest BCUT2D eigenvalue weighted by molar-refractivity contribution is -0.757. The van der Waals surface area contributed by atoms with Gasteiger partial charge in [0, 0.05) is 17.2 Å². The Labute approximate surface area is 170 Å². The third kappa shape index (κ3) is 5.29. The zero-order valence-corrected chi connectivity index (χ0v) is 16.3. The molecule has 3 rings (SSSR count). The molecular weight excluding hydrogens is 402 g/mol. The number of nitrogens with zero attached hydrogens (tertiary/aromatic N) is 1. The maximum atomic E-state index is 12.7. The summed E-state index contributed by atoms with van der Waals surface area (Å²) in [5.41, 5.74) is 0.268. The molecule has 1 heterocycles. The topological polar surface area (TPSA) is 112 Å². The molecule has 9 heteroatoms. The van der Waals surface area contributed by atoms with Gasteiger partial charge >= 0.3 is 0 Å². The summed E-state index contributed by atoms with van der Waals surface area (Å²) in [6, 6.07) is 7.72. The Bertz CT molecular complexity index is 1080. The summed E-state index contributed by atoms with van der Waals surface area (Å²) in [7, 11) is 0. The van der Waals surface area contributed by atoms with E-state index in [2.05, 4.69) is 4.84 Å². The summed E-state index contributed by atoms with van der Waals surface area (Å²) in [6.07, 6.45) is 4.08. The zero-order chi connectivity index (χ0) is 20.8. The minimum absolute atomic E-state index is 0.0871. The fraction of sp³-hybridized carbons (Fsp3) is 0.350. The van der Waals surface area contributed by atoms with Crippen LogP contribution in [0, 0.1) is 10.1 Å². The third-order valence-electron chi connectivity index (χ3n) is 4.44. The van der Waals surface area contributed by atoms with Crippen LogP contribution in [0.3, 0.4) is 0 Å². The van der Waals surface area contributed by atoms with E-state index >= 15 is 0 Å². The van der Waals surface area contributed by atoms with Gasteiger partial charge in [0.15, 0.2) is 0 Å². The fourth-order valence-electron chi connectivity index (χ4n) is 3.05. The van der Waals surface area contributed by atoms with Gasteiger partial charge in [0.1, 0.15) is 28.1 Å². The van der Waals surface area contributed by atoms with E-state index in [0.29, 0.717) is 34.8 Å². The van der Waals surface area contributed by atoms with Gasteiger partial charge in [-0.3, -0.25) is 4.79 Å². The SMILES string of the molecule is O=c1c2cc(Cl)ccc2oc2cc(OCCCCCCCO[N+](=O)[O-])cc(O)c12. The van der Waals surface area contributed by atoms with Crippen LogP contribution in [0.15, 0.2) is 39.5 Å². The molecule has 0 saturated carbocycles. The standard InChI is InChI=1S/C20H20ClNO7/c21-13-6-7-17-15(10-13)20(24)19-16(23)11-14(12-18(19)29-17)27-8-4-2-1-3-5-9-28-22(25)26/h6-7,10-12,23H,1-5,8-9H2. The van der Waals surface area contributed by atoms with Crippen molar-refractivity contribution < 1.29 is 24.2 Å². The maximum Gasteiger partial charge on any atom is 0.294 e. The summed E-state index contributed by atoms with van der Waals surface area (Å²) in [4.78, 5) is 26.9. The molecule has 0 unspecified atom stereocenters. The highest BCUT2D eigenvalue weighted by molar-refractivity contribution is 6.31. The van der Waals surface area contributed by atoms with Crippen molar-refractivity contribution in [1.29, 1.82) is 0 Å². The van der Waals surface area contributed by atoms with Gasteiger partial charge in [-0.05, 0) is 31.0 Å². The lowest BCUT2D eigenvalue weighted by atomic mass is 10.1. The van der Waals surface area contributed by atoms with Gasteiger partial charge in [0.05, 0.1) is 18.6 Å². The van der Waals surface area contributed by atoms with Crippen LogP contribution < -0.4 is 10.2 Å². The molecular formula is C20H20ClNO7. The second-order valence-electron chi connectivity index (χ2n) is 6.56. The summed E-state index contributed by atoms with van der Waals surface area (Å²) in [5.74, 6) is 0.199. The first kappa shape index (κ1) is 20.7. The summed E-state index contributed by atoms with van der Waals surface area (Å²) >= 11 is 5.94. The van der Waals surface area contributed by atoms with Gasteiger partial charge in [-0.1, -0.05) is 30.9 Å². The van der Waals surface area contributed by atoms with E-state index < -0.39 is 5.09 Å². The molecule has 1 N–H and O–H groups in total. The molecule has 8 nitrogen and oxygen atoms in total. The molecule has 3 aromatic rings. The lowest BCUT2D eigenvalue weighted by Crippen LogP contribution is -2.04. The van der Waals surface area contributed by atoms with Crippen LogP contribution in [0.2, 0.25) is 5.02 Å². The average molecular weight is 422 g/mol. The molecule has 29 heavy (non-hydrogen) atoms. The van der Waals surface area contributed by atoms with Crippen LogP contribution in [-0.4, -0.2) is 23.4 Å². The van der Waals surface area contributed by atoms with E-state index in [1.807, 2.05) is 0 Å². The van der Waals surface area contributed by atoms with Gasteiger partial charge < -0.3 is 19.1 Å². The lowest BCUT2D eigenvalue weighted by Gasteiger charge is -2.09. The molecule has 0 amide bonds. The highest BCUT2D eigenvalue weighted by atomic mass is 35.5. The number of unbranched alkanes of at least 4 members (excludes halogenated alkanes) is 4. The average Bonchev–Trinajstić information content (AvgIpc) is 2.67. The normalized spacial score (nSPS) is 11.1. The molecule has 0 aliphatic heterocycles. The molecule has 0 atom stereocenters. The second kappa shape index (κ2) is 9.47. The van der Waals surface area contributed by atoms with Gasteiger partial charge in [-0.25, -0.2) is 0 Å². The zero-order valence-electron chi connectivity index (χ0n) is 15.6. The van der Waals surface area contributed by atoms with E-state index in [1.165, 1.54) is 12.1 Å². The van der Waals surface area contributed by atoms with Crippen LogP contribution in [0.5, 0.6) is 11.5 Å². The molecule has 0 bridgehead atoms. The number of phenols is 1. The predicted octanol–water partition coefficient (Wildman–Crippen LogP) is 4.84. The molecule has 0 aliphatic carbocycles. The monoisotopic (exact) mass is 421 g/mol. The number of aromatic hydroxyl groups is 1. The quantitative estimate of drug-likeness (QED) is 0.215. The van der Waals surface area contributed by atoms with E-state index in [-0.39, 0.29) is 28.8 Å². The predicted molar refractivity (Wildman–Crippen MR) is 108 cm³/mol. The molecule has 0 radical (unpaired) electrons. The van der Waals surface area contributed by atoms with Crippen molar-refractivity contribution in [3.05, 3.63) is 55.7 Å². The number of halogens is 1. The van der Waals surface area contributed by atoms with Crippen LogP contribution in [0.4, 0.5) is 0 Å². The highest BCUT2D eigenvalue weighted by Gasteiger charge is 2.14. The first-order valence-electron chi connectivity index (χ1n) is 9.25. The number of benzene rings is 2. The second-order valence-corrected chi connectivity index (χ2v) is 7.00.